The van der Waals surface area contributed by atoms with Crippen LogP contribution in [0.2, 0.25) is 0 Å². The monoisotopic (exact) mass is 485 g/mol. The number of thiazole rings is 1. The van der Waals surface area contributed by atoms with Crippen molar-refractivity contribution in [3.63, 3.8) is 0 Å². The summed E-state index contributed by atoms with van der Waals surface area (Å²) >= 11 is 1.65. The van der Waals surface area contributed by atoms with Crippen molar-refractivity contribution >= 4 is 48.5 Å². The Hall–Kier alpha value is -2.82. The van der Waals surface area contributed by atoms with Gasteiger partial charge in [0.25, 0.3) is 0 Å². The molecule has 2 aromatic heterocycles. The Balaban J connectivity index is 1.38. The van der Waals surface area contributed by atoms with Crippen LogP contribution in [0.15, 0.2) is 47.4 Å². The normalized spacial score (nSPS) is 12.1. The van der Waals surface area contributed by atoms with Crippen molar-refractivity contribution in [2.24, 2.45) is 0 Å². The van der Waals surface area contributed by atoms with E-state index in [0.717, 1.165) is 26.6 Å². The minimum Gasteiger partial charge on any atom is -0.356 e. The van der Waals surface area contributed by atoms with Gasteiger partial charge in [-0.05, 0) is 37.3 Å². The van der Waals surface area contributed by atoms with E-state index in [2.05, 4.69) is 15.3 Å². The zero-order valence-corrected chi connectivity index (χ0v) is 20.5. The Bertz CT molecular complexity index is 1370. The number of benzene rings is 2. The maximum atomic E-state index is 12.4. The maximum absolute atomic E-state index is 12.4. The number of hydrogen-bond acceptors (Lipinski definition) is 6. The van der Waals surface area contributed by atoms with Gasteiger partial charge in [0, 0.05) is 46.4 Å². The van der Waals surface area contributed by atoms with E-state index in [4.69, 9.17) is 0 Å². The van der Waals surface area contributed by atoms with Gasteiger partial charge in [0.05, 0.1) is 31.2 Å². The van der Waals surface area contributed by atoms with Crippen LogP contribution in [0, 0.1) is 0 Å². The van der Waals surface area contributed by atoms with Crippen LogP contribution in [0.3, 0.4) is 0 Å². The van der Waals surface area contributed by atoms with Crippen LogP contribution in [0.25, 0.3) is 21.3 Å². The summed E-state index contributed by atoms with van der Waals surface area (Å²) in [4.78, 5) is 21.8. The van der Waals surface area contributed by atoms with Crippen LogP contribution in [-0.2, 0) is 34.2 Å². The highest BCUT2D eigenvalue weighted by atomic mass is 32.2. The van der Waals surface area contributed by atoms with E-state index in [1.54, 1.807) is 29.5 Å². The van der Waals surface area contributed by atoms with Crippen LogP contribution in [-0.4, -0.2) is 53.8 Å². The smallest absolute Gasteiger partial charge is 0.242 e. The second-order valence-corrected chi connectivity index (χ2v) is 11.2. The number of para-hydroxylation sites is 1. The lowest BCUT2D eigenvalue weighted by molar-refractivity contribution is -0.121. The van der Waals surface area contributed by atoms with Gasteiger partial charge >= 0.3 is 0 Å². The largest absolute Gasteiger partial charge is 0.356 e. The Kier molecular flexibility index (Phi) is 6.78. The van der Waals surface area contributed by atoms with E-state index in [1.165, 1.54) is 18.4 Å². The summed E-state index contributed by atoms with van der Waals surface area (Å²) in [6, 6.07) is 13.0. The Morgan fingerprint density at radius 2 is 1.88 bits per heavy atom. The average Bonchev–Trinajstić information content (AvgIpc) is 3.37. The van der Waals surface area contributed by atoms with Crippen LogP contribution < -0.4 is 5.32 Å². The van der Waals surface area contributed by atoms with Gasteiger partial charge in [0.1, 0.15) is 5.82 Å². The number of carbonyl (C=O) groups is 1. The molecule has 33 heavy (non-hydrogen) atoms. The van der Waals surface area contributed by atoms with E-state index < -0.39 is 10.0 Å². The lowest BCUT2D eigenvalue weighted by atomic mass is 10.2. The number of nitrogens with one attached hydrogen (secondary N) is 1. The lowest BCUT2D eigenvalue weighted by Crippen LogP contribution is -2.26. The fraction of sp³-hybridized carbons (Fsp3) is 0.348. The lowest BCUT2D eigenvalue weighted by Gasteiger charge is -2.11. The Morgan fingerprint density at radius 3 is 2.61 bits per heavy atom. The first-order valence-electron chi connectivity index (χ1n) is 10.8. The Morgan fingerprint density at radius 1 is 1.09 bits per heavy atom. The maximum Gasteiger partial charge on any atom is 0.242 e. The summed E-state index contributed by atoms with van der Waals surface area (Å²) in [6.07, 6.45) is 1.49. The second-order valence-electron chi connectivity index (χ2n) is 7.89. The highest BCUT2D eigenvalue weighted by molar-refractivity contribution is 7.89. The third kappa shape index (κ3) is 4.92. The molecule has 0 saturated carbocycles. The first-order chi connectivity index (χ1) is 15.8. The highest BCUT2D eigenvalue weighted by Crippen LogP contribution is 2.23. The minimum atomic E-state index is -3.53. The molecule has 0 atom stereocenters. The van der Waals surface area contributed by atoms with Gasteiger partial charge in [-0.3, -0.25) is 4.79 Å². The fourth-order valence-corrected chi connectivity index (χ4v) is 5.61. The van der Waals surface area contributed by atoms with E-state index in [9.17, 15) is 13.2 Å². The van der Waals surface area contributed by atoms with E-state index in [1.807, 2.05) is 35.8 Å². The van der Waals surface area contributed by atoms with Gasteiger partial charge in [0.2, 0.25) is 15.9 Å². The van der Waals surface area contributed by atoms with Crippen molar-refractivity contribution in [1.29, 1.82) is 0 Å². The van der Waals surface area contributed by atoms with Crippen LogP contribution >= 0.6 is 11.3 Å². The summed E-state index contributed by atoms with van der Waals surface area (Å²) < 4.78 is 29.2. The summed E-state index contributed by atoms with van der Waals surface area (Å²) in [5, 5.41) is 3.97. The number of amides is 1. The number of aryl methyl sites for hydroxylation is 2. The molecule has 8 nitrogen and oxygen atoms in total. The number of sulfonamides is 1. The molecule has 1 N–H and O–H groups in total. The molecule has 1 amide bonds. The fourth-order valence-electron chi connectivity index (χ4n) is 3.72. The van der Waals surface area contributed by atoms with Crippen molar-refractivity contribution in [2.75, 3.05) is 20.6 Å². The van der Waals surface area contributed by atoms with Gasteiger partial charge in [0.15, 0.2) is 0 Å². The molecule has 2 aromatic carbocycles. The summed E-state index contributed by atoms with van der Waals surface area (Å²) in [6.45, 7) is 3.23. The van der Waals surface area contributed by atoms with Crippen LogP contribution in [0.1, 0.15) is 24.2 Å². The molecule has 0 fully saturated rings. The standard InChI is InChI=1S/C23H27N5O3S2/c1-4-28-19-10-9-16(33(30,31)27(2)3)15-18(19)25-21(28)11-12-22(29)24-14-13-23-26-17-7-5-6-8-20(17)32-23/h5-10,15H,4,11-14H2,1-3H3,(H,24,29). The van der Waals surface area contributed by atoms with Gasteiger partial charge in [-0.25, -0.2) is 22.7 Å². The van der Waals surface area contributed by atoms with Crippen LogP contribution in [0.4, 0.5) is 0 Å². The molecular formula is C23H27N5O3S2. The SMILES string of the molecule is CCn1c(CCC(=O)NCCc2nc3ccccc3s2)nc2cc(S(=O)(=O)N(C)C)ccc21. The number of fused-ring (bicyclic) bond motifs is 2. The quantitative estimate of drug-likeness (QED) is 0.393. The van der Waals surface area contributed by atoms with Crippen molar-refractivity contribution in [3.05, 3.63) is 53.3 Å². The molecule has 174 valence electrons. The van der Waals surface area contributed by atoms with Crippen molar-refractivity contribution in [2.45, 2.75) is 37.6 Å². The summed E-state index contributed by atoms with van der Waals surface area (Å²) in [5.74, 6) is 0.731. The summed E-state index contributed by atoms with van der Waals surface area (Å²) in [7, 11) is -0.521. The molecule has 10 heteroatoms. The minimum absolute atomic E-state index is 0.0401. The zero-order valence-electron chi connectivity index (χ0n) is 18.9. The molecule has 0 radical (unpaired) electrons. The predicted molar refractivity (Wildman–Crippen MR) is 131 cm³/mol. The predicted octanol–water partition coefficient (Wildman–Crippen LogP) is 3.21. The van der Waals surface area contributed by atoms with Gasteiger partial charge in [-0.15, -0.1) is 11.3 Å². The molecule has 2 heterocycles. The molecule has 0 bridgehead atoms. The average molecular weight is 486 g/mol. The summed E-state index contributed by atoms with van der Waals surface area (Å²) in [5.41, 5.74) is 2.47. The molecule has 0 unspecified atom stereocenters. The molecule has 4 rings (SSSR count). The third-order valence-electron chi connectivity index (χ3n) is 5.47. The molecule has 4 aromatic rings. The number of nitrogens with zero attached hydrogens (tertiary/aromatic N) is 4. The number of imidazole rings is 1. The number of hydrogen-bond donors (Lipinski definition) is 1. The number of rotatable bonds is 9. The van der Waals surface area contributed by atoms with Crippen molar-refractivity contribution in [1.82, 2.24) is 24.2 Å². The molecule has 0 aliphatic carbocycles. The molecule has 0 aliphatic heterocycles. The topological polar surface area (TPSA) is 97.2 Å². The number of aromatic nitrogens is 3. The number of carbonyl (C=O) groups excluding carboxylic acids is 1. The molecular weight excluding hydrogens is 458 g/mol. The van der Waals surface area contributed by atoms with Gasteiger partial charge in [-0.2, -0.15) is 0 Å². The third-order valence-corrected chi connectivity index (χ3v) is 8.38. The highest BCUT2D eigenvalue weighted by Gasteiger charge is 2.19. The van der Waals surface area contributed by atoms with Gasteiger partial charge in [-0.1, -0.05) is 12.1 Å². The second kappa shape index (κ2) is 9.58. The first-order valence-corrected chi connectivity index (χ1v) is 13.1. The molecule has 0 aliphatic rings. The molecule has 0 spiro atoms. The first kappa shape index (κ1) is 23.3. The van der Waals surface area contributed by atoms with E-state index in [-0.39, 0.29) is 10.8 Å². The molecule has 0 saturated heterocycles. The Labute approximate surface area is 197 Å². The van der Waals surface area contributed by atoms with Crippen molar-refractivity contribution in [3.8, 4) is 0 Å². The van der Waals surface area contributed by atoms with Gasteiger partial charge < -0.3 is 9.88 Å². The van der Waals surface area contributed by atoms with E-state index >= 15 is 0 Å². The van der Waals surface area contributed by atoms with Crippen molar-refractivity contribution < 1.29 is 13.2 Å². The van der Waals surface area contributed by atoms with Crippen LogP contribution in [0.5, 0.6) is 0 Å². The van der Waals surface area contributed by atoms with E-state index in [0.29, 0.717) is 37.9 Å². The zero-order chi connectivity index (χ0) is 23.6.